The Morgan fingerprint density at radius 3 is 2.31 bits per heavy atom. The molecule has 1 rings (SSSR count). The number of amides is 1. The fourth-order valence-corrected chi connectivity index (χ4v) is 2.48. The summed E-state index contributed by atoms with van der Waals surface area (Å²) >= 11 is 0. The van der Waals surface area contributed by atoms with Crippen LogP contribution in [0.4, 0.5) is 0 Å². The molecule has 0 aromatic rings. The number of hydrogen-bond acceptors (Lipinski definition) is 2. The Bertz CT molecular complexity index is 185. The van der Waals surface area contributed by atoms with Gasteiger partial charge in [0.25, 0.3) is 0 Å². The Hall–Kier alpha value is -0.570. The summed E-state index contributed by atoms with van der Waals surface area (Å²) < 4.78 is 0. The van der Waals surface area contributed by atoms with Gasteiger partial charge in [0.15, 0.2) is 0 Å². The number of carbonyl (C=O) groups is 1. The maximum Gasteiger partial charge on any atom is 0.235 e. The molecule has 1 unspecified atom stereocenters. The van der Waals surface area contributed by atoms with Gasteiger partial charge in [-0.3, -0.25) is 4.79 Å². The summed E-state index contributed by atoms with van der Waals surface area (Å²) in [6.45, 7) is 2.16. The molecule has 3 nitrogen and oxygen atoms in total. The third-order valence-corrected chi connectivity index (χ3v) is 3.27. The van der Waals surface area contributed by atoms with Crippen LogP contribution in [0.3, 0.4) is 0 Å². The van der Waals surface area contributed by atoms with Crippen molar-refractivity contribution in [1.82, 2.24) is 5.32 Å². The second-order valence-electron chi connectivity index (χ2n) is 4.34. The molecule has 0 aromatic carbocycles. The molecule has 1 fully saturated rings. The highest BCUT2D eigenvalue weighted by Crippen LogP contribution is 2.38. The summed E-state index contributed by atoms with van der Waals surface area (Å²) in [5, 5.41) is 3.04. The highest BCUT2D eigenvalue weighted by molar-refractivity contribution is 5.80. The van der Waals surface area contributed by atoms with Crippen molar-refractivity contribution in [3.8, 4) is 0 Å². The first-order valence-electron chi connectivity index (χ1n) is 5.07. The van der Waals surface area contributed by atoms with Crippen LogP contribution in [-0.2, 0) is 4.79 Å². The van der Waals surface area contributed by atoms with E-state index in [0.717, 1.165) is 12.8 Å². The minimum absolute atomic E-state index is 0.0822. The quantitative estimate of drug-likeness (QED) is 0.688. The van der Waals surface area contributed by atoms with Crippen molar-refractivity contribution < 1.29 is 4.79 Å². The summed E-state index contributed by atoms with van der Waals surface area (Å²) in [5.41, 5.74) is 5.44. The molecule has 1 saturated carbocycles. The van der Waals surface area contributed by atoms with Gasteiger partial charge in [0.1, 0.15) is 0 Å². The van der Waals surface area contributed by atoms with Gasteiger partial charge in [-0.15, -0.1) is 0 Å². The Balaban J connectivity index is 2.68. The lowest BCUT2D eigenvalue weighted by Crippen LogP contribution is -2.51. The molecule has 0 radical (unpaired) electrons. The van der Waals surface area contributed by atoms with Crippen molar-refractivity contribution >= 4 is 5.91 Å². The van der Waals surface area contributed by atoms with Crippen LogP contribution in [0.15, 0.2) is 0 Å². The fraction of sp³-hybridized carbons (Fsp3) is 0.900. The van der Waals surface area contributed by atoms with E-state index in [9.17, 15) is 4.79 Å². The minimum atomic E-state index is -0.216. The number of nitrogens with one attached hydrogen (secondary N) is 1. The van der Waals surface area contributed by atoms with Gasteiger partial charge in [0, 0.05) is 0 Å². The van der Waals surface area contributed by atoms with E-state index in [1.807, 2.05) is 7.05 Å². The molecule has 76 valence electrons. The van der Waals surface area contributed by atoms with Gasteiger partial charge in [-0.2, -0.15) is 0 Å². The molecule has 0 bridgehead atoms. The van der Waals surface area contributed by atoms with Gasteiger partial charge in [-0.25, -0.2) is 0 Å². The Labute approximate surface area is 80.1 Å². The van der Waals surface area contributed by atoms with Crippen molar-refractivity contribution in [1.29, 1.82) is 0 Å². The number of likely N-dealkylation sites (N-methyl/N-ethyl adjacent to an activating group) is 1. The summed E-state index contributed by atoms with van der Waals surface area (Å²) in [6.07, 6.45) is 5.97. The van der Waals surface area contributed by atoms with Crippen LogP contribution in [0.2, 0.25) is 0 Å². The number of primary amides is 1. The van der Waals surface area contributed by atoms with E-state index in [0.29, 0.717) is 0 Å². The summed E-state index contributed by atoms with van der Waals surface area (Å²) in [7, 11) is 1.81. The SMILES string of the molecule is CNC(C(N)=O)C1(C)CCCCC1. The van der Waals surface area contributed by atoms with Gasteiger partial charge in [-0.1, -0.05) is 26.2 Å². The third kappa shape index (κ3) is 2.21. The zero-order valence-electron chi connectivity index (χ0n) is 8.60. The highest BCUT2D eigenvalue weighted by atomic mass is 16.1. The lowest BCUT2D eigenvalue weighted by Gasteiger charge is -2.38. The van der Waals surface area contributed by atoms with E-state index in [2.05, 4.69) is 12.2 Å². The zero-order valence-corrected chi connectivity index (χ0v) is 8.60. The maximum absolute atomic E-state index is 11.2. The van der Waals surface area contributed by atoms with Gasteiger partial charge >= 0.3 is 0 Å². The lowest BCUT2D eigenvalue weighted by atomic mass is 9.70. The molecular formula is C10H20N2O. The van der Waals surface area contributed by atoms with E-state index >= 15 is 0 Å². The minimum Gasteiger partial charge on any atom is -0.368 e. The predicted molar refractivity (Wildman–Crippen MR) is 53.2 cm³/mol. The molecule has 1 aliphatic rings. The van der Waals surface area contributed by atoms with E-state index < -0.39 is 0 Å². The standard InChI is InChI=1S/C10H20N2O/c1-10(6-4-3-5-7-10)8(12-2)9(11)13/h8,12H,3-7H2,1-2H3,(H2,11,13). The molecule has 1 atom stereocenters. The molecule has 3 N–H and O–H groups in total. The number of nitrogens with two attached hydrogens (primary N) is 1. The molecule has 1 amide bonds. The van der Waals surface area contributed by atoms with Gasteiger partial charge in [0.2, 0.25) is 5.91 Å². The average Bonchev–Trinajstić information content (AvgIpc) is 2.05. The van der Waals surface area contributed by atoms with E-state index in [1.165, 1.54) is 19.3 Å². The van der Waals surface area contributed by atoms with Crippen LogP contribution in [0.5, 0.6) is 0 Å². The predicted octanol–water partition coefficient (Wildman–Crippen LogP) is 1.03. The molecule has 0 saturated heterocycles. The first-order valence-corrected chi connectivity index (χ1v) is 5.07. The molecule has 0 aromatic heterocycles. The zero-order chi connectivity index (χ0) is 9.90. The van der Waals surface area contributed by atoms with Crippen molar-refractivity contribution in [3.63, 3.8) is 0 Å². The van der Waals surface area contributed by atoms with Crippen LogP contribution >= 0.6 is 0 Å². The van der Waals surface area contributed by atoms with Crippen molar-refractivity contribution in [2.45, 2.75) is 45.1 Å². The molecule has 0 aliphatic heterocycles. The van der Waals surface area contributed by atoms with E-state index in [4.69, 9.17) is 5.73 Å². The van der Waals surface area contributed by atoms with Crippen molar-refractivity contribution in [2.24, 2.45) is 11.1 Å². The Morgan fingerprint density at radius 1 is 1.38 bits per heavy atom. The Morgan fingerprint density at radius 2 is 1.92 bits per heavy atom. The van der Waals surface area contributed by atoms with E-state index in [-0.39, 0.29) is 17.4 Å². The molecule has 0 heterocycles. The summed E-state index contributed by atoms with van der Waals surface area (Å²) in [4.78, 5) is 11.2. The van der Waals surface area contributed by atoms with Gasteiger partial charge in [-0.05, 0) is 25.3 Å². The van der Waals surface area contributed by atoms with Crippen LogP contribution < -0.4 is 11.1 Å². The lowest BCUT2D eigenvalue weighted by molar-refractivity contribution is -0.123. The topological polar surface area (TPSA) is 55.1 Å². The van der Waals surface area contributed by atoms with Crippen LogP contribution in [0.25, 0.3) is 0 Å². The molecular weight excluding hydrogens is 164 g/mol. The molecule has 1 aliphatic carbocycles. The van der Waals surface area contributed by atoms with E-state index in [1.54, 1.807) is 0 Å². The van der Waals surface area contributed by atoms with Gasteiger partial charge < -0.3 is 11.1 Å². The summed E-state index contributed by atoms with van der Waals surface area (Å²) in [5.74, 6) is -0.216. The fourth-order valence-electron chi connectivity index (χ4n) is 2.48. The van der Waals surface area contributed by atoms with Crippen LogP contribution in [-0.4, -0.2) is 19.0 Å². The van der Waals surface area contributed by atoms with Crippen molar-refractivity contribution in [3.05, 3.63) is 0 Å². The van der Waals surface area contributed by atoms with Crippen LogP contribution in [0.1, 0.15) is 39.0 Å². The smallest absolute Gasteiger partial charge is 0.235 e. The summed E-state index contributed by atoms with van der Waals surface area (Å²) in [6, 6.07) is -0.159. The van der Waals surface area contributed by atoms with Crippen molar-refractivity contribution in [2.75, 3.05) is 7.05 Å². The first kappa shape index (κ1) is 10.5. The first-order chi connectivity index (χ1) is 6.10. The molecule has 13 heavy (non-hydrogen) atoms. The number of hydrogen-bond donors (Lipinski definition) is 2. The number of carbonyl (C=O) groups excluding carboxylic acids is 1. The molecule has 3 heteroatoms. The second kappa shape index (κ2) is 4.09. The Kier molecular flexibility index (Phi) is 3.31. The normalized spacial score (nSPS) is 23.8. The van der Waals surface area contributed by atoms with Crippen LogP contribution in [0, 0.1) is 5.41 Å². The number of rotatable bonds is 3. The average molecular weight is 184 g/mol. The highest BCUT2D eigenvalue weighted by Gasteiger charge is 2.37. The third-order valence-electron chi connectivity index (χ3n) is 3.27. The molecule has 0 spiro atoms. The van der Waals surface area contributed by atoms with Gasteiger partial charge in [0.05, 0.1) is 6.04 Å². The monoisotopic (exact) mass is 184 g/mol. The second-order valence-corrected chi connectivity index (χ2v) is 4.34. The maximum atomic E-state index is 11.2. The largest absolute Gasteiger partial charge is 0.368 e.